The van der Waals surface area contributed by atoms with Gasteiger partial charge in [0.25, 0.3) is 5.56 Å². The molecule has 1 N–H and O–H groups in total. The van der Waals surface area contributed by atoms with Gasteiger partial charge in [-0.15, -0.1) is 0 Å². The van der Waals surface area contributed by atoms with E-state index in [0.717, 1.165) is 43.5 Å². The van der Waals surface area contributed by atoms with Crippen molar-refractivity contribution in [2.24, 2.45) is 5.92 Å². The van der Waals surface area contributed by atoms with Gasteiger partial charge in [-0.25, -0.2) is 0 Å². The number of benzene rings is 1. The second-order valence-corrected chi connectivity index (χ2v) is 8.55. The normalized spacial score (nSPS) is 19.6. The second-order valence-electron chi connectivity index (χ2n) is 8.16. The quantitative estimate of drug-likeness (QED) is 0.542. The van der Waals surface area contributed by atoms with Crippen LogP contribution in [0.25, 0.3) is 10.9 Å². The smallest absolute Gasteiger partial charge is 0.262 e. The Labute approximate surface area is 171 Å². The van der Waals surface area contributed by atoms with Crippen molar-refractivity contribution in [3.8, 4) is 0 Å². The number of hydrogen-bond donors (Lipinski definition) is 1. The van der Waals surface area contributed by atoms with Crippen LogP contribution in [0.4, 0.5) is 0 Å². The average molecular weight is 402 g/mol. The largest absolute Gasteiger partial charge is 0.343 e. The molecular weight excluding hydrogens is 370 g/mol. The third kappa shape index (κ3) is 4.90. The highest BCUT2D eigenvalue weighted by Gasteiger charge is 2.24. The molecule has 0 atom stereocenters. The van der Waals surface area contributed by atoms with Crippen LogP contribution in [-0.4, -0.2) is 33.4 Å². The molecule has 152 valence electrons. The summed E-state index contributed by atoms with van der Waals surface area (Å²) in [6, 6.07) is 7.85. The molecule has 5 nitrogen and oxygen atoms in total. The Hall–Kier alpha value is -1.95. The molecule has 0 bridgehead atoms. The molecule has 2 aromatic rings. The van der Waals surface area contributed by atoms with Crippen molar-refractivity contribution in [3.63, 3.8) is 0 Å². The van der Waals surface area contributed by atoms with Gasteiger partial charge in [0.2, 0.25) is 5.91 Å². The van der Waals surface area contributed by atoms with E-state index in [1.165, 1.54) is 12.8 Å². The molecule has 0 unspecified atom stereocenters. The monoisotopic (exact) mass is 401 g/mol. The summed E-state index contributed by atoms with van der Waals surface area (Å²) < 4.78 is 2.10. The first-order chi connectivity index (χ1) is 13.5. The molecule has 1 aromatic carbocycles. The molecule has 0 aliphatic heterocycles. The first kappa shape index (κ1) is 20.8. The molecule has 0 saturated heterocycles. The molecule has 6 heteroatoms. The highest BCUT2D eigenvalue weighted by Crippen LogP contribution is 2.26. The first-order valence-corrected chi connectivity index (χ1v) is 10.9. The predicted octanol–water partition coefficient (Wildman–Crippen LogP) is 4.66. The minimum absolute atomic E-state index is 0.0401. The lowest BCUT2D eigenvalue weighted by molar-refractivity contribution is -0.132. The maximum Gasteiger partial charge on any atom is 0.262 e. The Kier molecular flexibility index (Phi) is 7.05. The van der Waals surface area contributed by atoms with Crippen LogP contribution in [0.2, 0.25) is 0 Å². The van der Waals surface area contributed by atoms with Crippen LogP contribution < -0.4 is 5.56 Å². The fraction of sp³-hybridized carbons (Fsp3) is 0.591. The number of carbonyl (C=O) groups is 1. The molecule has 0 radical (unpaired) electrons. The molecular formula is C22H31N3O2S. The minimum Gasteiger partial charge on any atom is -0.343 e. The molecule has 1 aromatic heterocycles. The minimum atomic E-state index is -0.0401. The van der Waals surface area contributed by atoms with Gasteiger partial charge in [-0.3, -0.25) is 14.2 Å². The lowest BCUT2D eigenvalue weighted by Crippen LogP contribution is -2.39. The summed E-state index contributed by atoms with van der Waals surface area (Å²) in [5.74, 6) is 1.05. The van der Waals surface area contributed by atoms with Gasteiger partial charge in [0.05, 0.1) is 10.9 Å². The summed E-state index contributed by atoms with van der Waals surface area (Å²) in [7, 11) is 1.96. The number of carbonyl (C=O) groups excluding carboxylic acids is 1. The lowest BCUT2D eigenvalue weighted by atomic mass is 9.86. The van der Waals surface area contributed by atoms with E-state index in [2.05, 4.69) is 11.9 Å². The van der Waals surface area contributed by atoms with E-state index in [1.807, 2.05) is 36.2 Å². The highest BCUT2D eigenvalue weighted by molar-refractivity contribution is 7.71. The maximum absolute atomic E-state index is 12.6. The Morgan fingerprint density at radius 2 is 1.89 bits per heavy atom. The van der Waals surface area contributed by atoms with Crippen molar-refractivity contribution in [1.29, 1.82) is 0 Å². The van der Waals surface area contributed by atoms with Gasteiger partial charge in [-0.05, 0) is 68.8 Å². The topological polar surface area (TPSA) is 58.1 Å². The average Bonchev–Trinajstić information content (AvgIpc) is 2.69. The summed E-state index contributed by atoms with van der Waals surface area (Å²) in [6.07, 6.45) is 7.90. The van der Waals surface area contributed by atoms with E-state index in [0.29, 0.717) is 29.2 Å². The van der Waals surface area contributed by atoms with Gasteiger partial charge in [0.15, 0.2) is 4.77 Å². The number of para-hydroxylation sites is 1. The number of amides is 1. The number of unbranched alkanes of at least 4 members (excludes halogenated alkanes) is 2. The number of H-pyrrole nitrogens is 1. The SMILES string of the molecule is CC1CCC(N(C)C(=O)CCCCCn2c(=S)[nH]c3ccccc3c2=O)CC1. The fourth-order valence-corrected chi connectivity index (χ4v) is 4.42. The van der Waals surface area contributed by atoms with Crippen molar-refractivity contribution >= 4 is 29.0 Å². The van der Waals surface area contributed by atoms with Crippen molar-refractivity contribution in [1.82, 2.24) is 14.5 Å². The summed E-state index contributed by atoms with van der Waals surface area (Å²) in [4.78, 5) is 30.2. The van der Waals surface area contributed by atoms with Crippen LogP contribution in [0.1, 0.15) is 58.3 Å². The molecule has 1 saturated carbocycles. The summed E-state index contributed by atoms with van der Waals surface area (Å²) in [6.45, 7) is 2.88. The Bertz CT molecular complexity index is 925. The second kappa shape index (κ2) is 9.50. The van der Waals surface area contributed by atoms with Crippen LogP contribution in [0.15, 0.2) is 29.1 Å². The van der Waals surface area contributed by atoms with Crippen molar-refractivity contribution in [3.05, 3.63) is 39.4 Å². The van der Waals surface area contributed by atoms with Crippen LogP contribution in [-0.2, 0) is 11.3 Å². The van der Waals surface area contributed by atoms with E-state index < -0.39 is 0 Å². The number of hydrogen-bond acceptors (Lipinski definition) is 3. The summed E-state index contributed by atoms with van der Waals surface area (Å²) in [5.41, 5.74) is 0.737. The molecule has 1 aliphatic carbocycles. The zero-order chi connectivity index (χ0) is 20.1. The molecule has 1 fully saturated rings. The van der Waals surface area contributed by atoms with Gasteiger partial charge < -0.3 is 9.88 Å². The van der Waals surface area contributed by atoms with Crippen LogP contribution >= 0.6 is 12.2 Å². The Morgan fingerprint density at radius 1 is 1.18 bits per heavy atom. The van der Waals surface area contributed by atoms with E-state index in [-0.39, 0.29) is 11.5 Å². The molecule has 1 heterocycles. The zero-order valence-corrected chi connectivity index (χ0v) is 17.8. The number of aromatic amines is 1. The number of nitrogens with one attached hydrogen (secondary N) is 1. The maximum atomic E-state index is 12.6. The van der Waals surface area contributed by atoms with E-state index >= 15 is 0 Å². The van der Waals surface area contributed by atoms with Crippen molar-refractivity contribution < 1.29 is 4.79 Å². The fourth-order valence-electron chi connectivity index (χ4n) is 4.13. The number of aromatic nitrogens is 2. The van der Waals surface area contributed by atoms with Crippen molar-refractivity contribution in [2.45, 2.75) is 70.9 Å². The van der Waals surface area contributed by atoms with E-state index in [9.17, 15) is 9.59 Å². The molecule has 3 rings (SSSR count). The van der Waals surface area contributed by atoms with Gasteiger partial charge >= 0.3 is 0 Å². The van der Waals surface area contributed by atoms with Gasteiger partial charge in [-0.1, -0.05) is 25.5 Å². The Morgan fingerprint density at radius 3 is 2.64 bits per heavy atom. The van der Waals surface area contributed by atoms with Crippen LogP contribution in [0.5, 0.6) is 0 Å². The molecule has 0 spiro atoms. The summed E-state index contributed by atoms with van der Waals surface area (Å²) in [5, 5.41) is 0.662. The molecule has 1 aliphatic rings. The zero-order valence-electron chi connectivity index (χ0n) is 16.9. The third-order valence-electron chi connectivity index (χ3n) is 6.09. The van der Waals surface area contributed by atoms with Crippen molar-refractivity contribution in [2.75, 3.05) is 7.05 Å². The van der Waals surface area contributed by atoms with Gasteiger partial charge in [-0.2, -0.15) is 0 Å². The summed E-state index contributed by atoms with van der Waals surface area (Å²) >= 11 is 5.35. The Balaban J connectivity index is 1.46. The highest BCUT2D eigenvalue weighted by atomic mass is 32.1. The van der Waals surface area contributed by atoms with Crippen LogP contribution in [0, 0.1) is 10.7 Å². The molecule has 1 amide bonds. The molecule has 28 heavy (non-hydrogen) atoms. The van der Waals surface area contributed by atoms with Gasteiger partial charge in [0.1, 0.15) is 0 Å². The third-order valence-corrected chi connectivity index (χ3v) is 6.41. The number of nitrogens with zero attached hydrogens (tertiary/aromatic N) is 2. The first-order valence-electron chi connectivity index (χ1n) is 10.4. The predicted molar refractivity (Wildman–Crippen MR) is 116 cm³/mol. The van der Waals surface area contributed by atoms with Gasteiger partial charge in [0, 0.05) is 26.1 Å². The number of rotatable bonds is 7. The van der Waals surface area contributed by atoms with E-state index in [4.69, 9.17) is 12.2 Å². The van der Waals surface area contributed by atoms with E-state index in [1.54, 1.807) is 4.57 Å². The standard InChI is InChI=1S/C22H31N3O2S/c1-16-11-13-17(14-12-16)24(2)20(26)10-4-3-7-15-25-21(27)18-8-5-6-9-19(18)23-22(25)28/h5-6,8-9,16-17H,3-4,7,10-15H2,1-2H3,(H,23,28). The van der Waals surface area contributed by atoms with Crippen LogP contribution in [0.3, 0.4) is 0 Å². The lowest BCUT2D eigenvalue weighted by Gasteiger charge is -2.33. The number of fused-ring (bicyclic) bond motifs is 1.